The van der Waals surface area contributed by atoms with E-state index in [1.165, 1.54) is 10.4 Å². The van der Waals surface area contributed by atoms with Crippen LogP contribution in [-0.4, -0.2) is 26.8 Å². The number of ether oxygens (including phenoxy) is 1. The standard InChI is InChI=1S/C16H14Cl2N4O/c1-11-2-4-12(5-3-11)16-19-21-22(20-16)8-9-23-15-7-6-13(17)10-14(15)18/h2-7,10H,8-9H2,1H3. The molecular weight excluding hydrogens is 335 g/mol. The van der Waals surface area contributed by atoms with Crippen molar-refractivity contribution >= 4 is 23.2 Å². The topological polar surface area (TPSA) is 52.8 Å². The van der Waals surface area contributed by atoms with Crippen molar-refractivity contribution in [2.24, 2.45) is 0 Å². The molecule has 118 valence electrons. The average Bonchev–Trinajstić information content (AvgIpc) is 2.99. The van der Waals surface area contributed by atoms with Gasteiger partial charge in [0.1, 0.15) is 12.4 Å². The zero-order valence-corrected chi connectivity index (χ0v) is 13.9. The van der Waals surface area contributed by atoms with E-state index in [9.17, 15) is 0 Å². The Bertz CT molecular complexity index is 802. The SMILES string of the molecule is Cc1ccc(-c2nnn(CCOc3ccc(Cl)cc3Cl)n2)cc1. The summed E-state index contributed by atoms with van der Waals surface area (Å²) in [4.78, 5) is 1.50. The van der Waals surface area contributed by atoms with Crippen molar-refractivity contribution in [3.8, 4) is 17.1 Å². The van der Waals surface area contributed by atoms with Gasteiger partial charge in [0, 0.05) is 10.6 Å². The Morgan fingerprint density at radius 3 is 2.61 bits per heavy atom. The van der Waals surface area contributed by atoms with E-state index in [1.807, 2.05) is 31.2 Å². The molecule has 1 aromatic heterocycles. The van der Waals surface area contributed by atoms with E-state index in [-0.39, 0.29) is 0 Å². The molecule has 0 aliphatic heterocycles. The molecule has 3 rings (SSSR count). The Morgan fingerprint density at radius 2 is 1.87 bits per heavy atom. The normalized spacial score (nSPS) is 10.7. The maximum Gasteiger partial charge on any atom is 0.204 e. The number of halogens is 2. The molecule has 0 amide bonds. The molecule has 0 bridgehead atoms. The van der Waals surface area contributed by atoms with Crippen LogP contribution in [0, 0.1) is 6.92 Å². The number of benzene rings is 2. The Labute approximate surface area is 143 Å². The number of tetrazole rings is 1. The van der Waals surface area contributed by atoms with E-state index in [0.29, 0.717) is 34.8 Å². The van der Waals surface area contributed by atoms with E-state index in [0.717, 1.165) is 5.56 Å². The van der Waals surface area contributed by atoms with E-state index in [1.54, 1.807) is 18.2 Å². The molecular formula is C16H14Cl2N4O. The van der Waals surface area contributed by atoms with E-state index < -0.39 is 0 Å². The first kappa shape index (κ1) is 15.8. The molecule has 0 saturated heterocycles. The van der Waals surface area contributed by atoms with Crippen LogP contribution in [0.5, 0.6) is 5.75 Å². The summed E-state index contributed by atoms with van der Waals surface area (Å²) in [7, 11) is 0. The lowest BCUT2D eigenvalue weighted by atomic mass is 10.1. The van der Waals surface area contributed by atoms with Gasteiger partial charge in [-0.3, -0.25) is 0 Å². The van der Waals surface area contributed by atoms with Gasteiger partial charge in [-0.2, -0.15) is 4.80 Å². The Balaban J connectivity index is 1.60. The van der Waals surface area contributed by atoms with Crippen molar-refractivity contribution in [1.29, 1.82) is 0 Å². The van der Waals surface area contributed by atoms with Gasteiger partial charge in [0.15, 0.2) is 0 Å². The number of rotatable bonds is 5. The smallest absolute Gasteiger partial charge is 0.204 e. The fourth-order valence-corrected chi connectivity index (χ4v) is 2.45. The van der Waals surface area contributed by atoms with Crippen LogP contribution in [-0.2, 0) is 6.54 Å². The zero-order chi connectivity index (χ0) is 16.2. The average molecular weight is 349 g/mol. The van der Waals surface area contributed by atoms with Crippen LogP contribution in [0.1, 0.15) is 5.56 Å². The monoisotopic (exact) mass is 348 g/mol. The second-order valence-corrected chi connectivity index (χ2v) is 5.84. The Morgan fingerprint density at radius 1 is 1.09 bits per heavy atom. The van der Waals surface area contributed by atoms with Gasteiger partial charge in [-0.15, -0.1) is 10.2 Å². The van der Waals surface area contributed by atoms with Crippen molar-refractivity contribution in [2.45, 2.75) is 13.5 Å². The molecule has 0 saturated carbocycles. The highest BCUT2D eigenvalue weighted by atomic mass is 35.5. The van der Waals surface area contributed by atoms with Crippen molar-refractivity contribution in [3.05, 3.63) is 58.1 Å². The molecule has 23 heavy (non-hydrogen) atoms. The lowest BCUT2D eigenvalue weighted by Gasteiger charge is -2.07. The minimum atomic E-state index is 0.380. The van der Waals surface area contributed by atoms with Gasteiger partial charge in [0.05, 0.1) is 11.6 Å². The summed E-state index contributed by atoms with van der Waals surface area (Å²) < 4.78 is 5.61. The Kier molecular flexibility index (Phi) is 4.79. The van der Waals surface area contributed by atoms with E-state index in [4.69, 9.17) is 27.9 Å². The molecule has 0 unspecified atom stereocenters. The van der Waals surface area contributed by atoms with Gasteiger partial charge in [-0.25, -0.2) is 0 Å². The third kappa shape index (κ3) is 4.00. The van der Waals surface area contributed by atoms with Crippen LogP contribution in [0.4, 0.5) is 0 Å². The van der Waals surface area contributed by atoms with Crippen molar-refractivity contribution in [1.82, 2.24) is 20.2 Å². The summed E-state index contributed by atoms with van der Waals surface area (Å²) in [5.41, 5.74) is 2.12. The molecule has 5 nitrogen and oxygen atoms in total. The third-order valence-electron chi connectivity index (χ3n) is 3.21. The molecule has 7 heteroatoms. The van der Waals surface area contributed by atoms with E-state index in [2.05, 4.69) is 15.4 Å². The van der Waals surface area contributed by atoms with Crippen LogP contribution in [0.25, 0.3) is 11.4 Å². The van der Waals surface area contributed by atoms with Crippen molar-refractivity contribution in [3.63, 3.8) is 0 Å². The second-order valence-electron chi connectivity index (χ2n) is 5.00. The first-order valence-electron chi connectivity index (χ1n) is 7.04. The van der Waals surface area contributed by atoms with Crippen LogP contribution in [0.2, 0.25) is 10.0 Å². The number of nitrogens with zero attached hydrogens (tertiary/aromatic N) is 4. The highest BCUT2D eigenvalue weighted by Gasteiger charge is 2.07. The summed E-state index contributed by atoms with van der Waals surface area (Å²) >= 11 is 11.9. The maximum atomic E-state index is 6.05. The lowest BCUT2D eigenvalue weighted by Crippen LogP contribution is -2.11. The fourth-order valence-electron chi connectivity index (χ4n) is 1.99. The highest BCUT2D eigenvalue weighted by molar-refractivity contribution is 6.35. The zero-order valence-electron chi connectivity index (χ0n) is 12.4. The first-order chi connectivity index (χ1) is 11.1. The van der Waals surface area contributed by atoms with Crippen LogP contribution >= 0.6 is 23.2 Å². The van der Waals surface area contributed by atoms with Gasteiger partial charge in [-0.05, 0) is 30.3 Å². The molecule has 0 radical (unpaired) electrons. The van der Waals surface area contributed by atoms with Gasteiger partial charge >= 0.3 is 0 Å². The number of aromatic nitrogens is 4. The molecule has 0 spiro atoms. The number of aryl methyl sites for hydroxylation is 1. The second kappa shape index (κ2) is 6.98. The number of hydrogen-bond acceptors (Lipinski definition) is 4. The molecule has 3 aromatic rings. The molecule has 0 N–H and O–H groups in total. The van der Waals surface area contributed by atoms with Crippen LogP contribution < -0.4 is 4.74 Å². The van der Waals surface area contributed by atoms with Gasteiger partial charge in [0.2, 0.25) is 5.82 Å². The molecule has 2 aromatic carbocycles. The maximum absolute atomic E-state index is 6.05. The summed E-state index contributed by atoms with van der Waals surface area (Å²) in [6.07, 6.45) is 0. The largest absolute Gasteiger partial charge is 0.490 e. The summed E-state index contributed by atoms with van der Waals surface area (Å²) in [6.45, 7) is 2.89. The lowest BCUT2D eigenvalue weighted by molar-refractivity contribution is 0.280. The van der Waals surface area contributed by atoms with E-state index >= 15 is 0 Å². The minimum absolute atomic E-state index is 0.380. The number of hydrogen-bond donors (Lipinski definition) is 0. The van der Waals surface area contributed by atoms with Crippen molar-refractivity contribution < 1.29 is 4.74 Å². The third-order valence-corrected chi connectivity index (χ3v) is 3.74. The Hall–Kier alpha value is -2.11. The first-order valence-corrected chi connectivity index (χ1v) is 7.80. The van der Waals surface area contributed by atoms with Crippen LogP contribution in [0.3, 0.4) is 0 Å². The van der Waals surface area contributed by atoms with Gasteiger partial charge in [0.25, 0.3) is 0 Å². The summed E-state index contributed by atoms with van der Waals surface area (Å²) in [5, 5.41) is 13.5. The summed E-state index contributed by atoms with van der Waals surface area (Å²) in [5.74, 6) is 1.17. The molecule has 0 aliphatic rings. The highest BCUT2D eigenvalue weighted by Crippen LogP contribution is 2.27. The fraction of sp³-hybridized carbons (Fsp3) is 0.188. The molecule has 0 aliphatic carbocycles. The van der Waals surface area contributed by atoms with Crippen molar-refractivity contribution in [2.75, 3.05) is 6.61 Å². The predicted molar refractivity (Wildman–Crippen MR) is 89.9 cm³/mol. The summed E-state index contributed by atoms with van der Waals surface area (Å²) in [6, 6.07) is 13.1. The van der Waals surface area contributed by atoms with Gasteiger partial charge in [-0.1, -0.05) is 53.0 Å². The van der Waals surface area contributed by atoms with Gasteiger partial charge < -0.3 is 4.74 Å². The molecule has 0 atom stereocenters. The minimum Gasteiger partial charge on any atom is -0.490 e. The molecule has 1 heterocycles. The predicted octanol–water partition coefficient (Wildman–Crippen LogP) is 4.03. The molecule has 0 fully saturated rings. The van der Waals surface area contributed by atoms with Crippen LogP contribution in [0.15, 0.2) is 42.5 Å². The quantitative estimate of drug-likeness (QED) is 0.698.